The molecular formula is C23H28ClFN4O. The molecule has 5 rings (SSSR count). The van der Waals surface area contributed by atoms with Gasteiger partial charge < -0.3 is 15.0 Å². The number of nitrogens with zero attached hydrogens (tertiary/aromatic N) is 3. The van der Waals surface area contributed by atoms with Gasteiger partial charge in [-0.1, -0.05) is 11.6 Å². The van der Waals surface area contributed by atoms with Crippen LogP contribution < -0.4 is 5.32 Å². The van der Waals surface area contributed by atoms with Crippen LogP contribution in [0.15, 0.2) is 30.3 Å². The third-order valence-corrected chi connectivity index (χ3v) is 7.15. The molecule has 1 saturated carbocycles. The summed E-state index contributed by atoms with van der Waals surface area (Å²) in [4.78, 5) is 2.65. The number of likely N-dealkylation sites (tertiary alicyclic amines) is 1. The Hall–Kier alpha value is -1.76. The Balaban J connectivity index is 1.14. The molecule has 3 heterocycles. The summed E-state index contributed by atoms with van der Waals surface area (Å²) in [6.45, 7) is 5.49. The Labute approximate surface area is 182 Å². The quantitative estimate of drug-likeness (QED) is 0.757. The molecule has 3 fully saturated rings. The predicted molar refractivity (Wildman–Crippen MR) is 116 cm³/mol. The zero-order valence-electron chi connectivity index (χ0n) is 17.1. The van der Waals surface area contributed by atoms with Gasteiger partial charge in [-0.2, -0.15) is 0 Å². The van der Waals surface area contributed by atoms with Gasteiger partial charge in [-0.05, 0) is 73.8 Å². The van der Waals surface area contributed by atoms with Gasteiger partial charge >= 0.3 is 0 Å². The standard InChI is InChI=1S/C23H28ClFN4O/c24-21-4-3-18(25)10-20(21)22-5-6-23(28-27-22)26-19-8-16-12-29(13-17(16)9-19)11-15-2-1-7-30-14-15/h3-6,10,15-17,19H,1-2,7-9,11-14H2,(H,26,28)/t15?,16-,17+,19?. The van der Waals surface area contributed by atoms with Crippen molar-refractivity contribution in [1.82, 2.24) is 15.1 Å². The second-order valence-electron chi connectivity index (χ2n) is 9.06. The van der Waals surface area contributed by atoms with Crippen molar-refractivity contribution in [3.05, 3.63) is 41.2 Å². The first-order chi connectivity index (χ1) is 14.6. The van der Waals surface area contributed by atoms with Gasteiger partial charge in [-0.25, -0.2) is 4.39 Å². The van der Waals surface area contributed by atoms with Crippen molar-refractivity contribution in [3.8, 4) is 11.3 Å². The molecule has 1 N–H and O–H groups in total. The van der Waals surface area contributed by atoms with E-state index in [0.29, 0.717) is 28.2 Å². The van der Waals surface area contributed by atoms with Gasteiger partial charge in [0.25, 0.3) is 0 Å². The fraction of sp³-hybridized carbons (Fsp3) is 0.565. The summed E-state index contributed by atoms with van der Waals surface area (Å²) >= 11 is 6.17. The normalized spacial score (nSPS) is 29.1. The lowest BCUT2D eigenvalue weighted by Crippen LogP contribution is -2.33. The lowest BCUT2D eigenvalue weighted by Gasteiger charge is -2.27. The molecule has 1 aromatic heterocycles. The lowest BCUT2D eigenvalue weighted by molar-refractivity contribution is 0.0407. The number of benzene rings is 1. The number of halogens is 2. The summed E-state index contributed by atoms with van der Waals surface area (Å²) in [6.07, 6.45) is 4.89. The molecule has 2 unspecified atom stereocenters. The van der Waals surface area contributed by atoms with E-state index < -0.39 is 0 Å². The number of anilines is 1. The van der Waals surface area contributed by atoms with Crippen LogP contribution in [0.4, 0.5) is 10.2 Å². The predicted octanol–water partition coefficient (Wildman–Crippen LogP) is 4.49. The molecular weight excluding hydrogens is 403 g/mol. The third-order valence-electron chi connectivity index (χ3n) is 6.82. The van der Waals surface area contributed by atoms with Gasteiger partial charge in [0.2, 0.25) is 0 Å². The van der Waals surface area contributed by atoms with E-state index in [0.717, 1.165) is 30.9 Å². The summed E-state index contributed by atoms with van der Waals surface area (Å²) in [5.41, 5.74) is 1.14. The Kier molecular flexibility index (Phi) is 5.89. The highest BCUT2D eigenvalue weighted by Crippen LogP contribution is 2.39. The number of nitrogens with one attached hydrogen (secondary N) is 1. The highest BCUT2D eigenvalue weighted by atomic mass is 35.5. The molecule has 0 spiro atoms. The molecule has 2 aliphatic heterocycles. The minimum absolute atomic E-state index is 0.332. The molecule has 1 aliphatic carbocycles. The van der Waals surface area contributed by atoms with Gasteiger partial charge in [0.1, 0.15) is 11.6 Å². The van der Waals surface area contributed by atoms with E-state index in [4.69, 9.17) is 16.3 Å². The van der Waals surface area contributed by atoms with E-state index in [1.165, 1.54) is 57.5 Å². The minimum Gasteiger partial charge on any atom is -0.381 e. The van der Waals surface area contributed by atoms with Crippen molar-refractivity contribution in [2.45, 2.75) is 31.7 Å². The monoisotopic (exact) mass is 430 g/mol. The van der Waals surface area contributed by atoms with E-state index in [2.05, 4.69) is 20.4 Å². The highest BCUT2D eigenvalue weighted by molar-refractivity contribution is 6.33. The maximum absolute atomic E-state index is 13.5. The van der Waals surface area contributed by atoms with Gasteiger partial charge in [0.15, 0.2) is 0 Å². The first kappa shape index (κ1) is 20.2. The van der Waals surface area contributed by atoms with E-state index >= 15 is 0 Å². The molecule has 3 aliphatic rings. The molecule has 30 heavy (non-hydrogen) atoms. The summed E-state index contributed by atoms with van der Waals surface area (Å²) in [5.74, 6) is 2.69. The Bertz CT molecular complexity index is 860. The Morgan fingerprint density at radius 2 is 1.97 bits per heavy atom. The number of fused-ring (bicyclic) bond motifs is 1. The first-order valence-electron chi connectivity index (χ1n) is 11.0. The zero-order chi connectivity index (χ0) is 20.5. The van der Waals surface area contributed by atoms with Gasteiger partial charge in [0.05, 0.1) is 17.3 Å². The van der Waals surface area contributed by atoms with Crippen LogP contribution in [0, 0.1) is 23.6 Å². The maximum Gasteiger partial charge on any atom is 0.148 e. The second-order valence-corrected chi connectivity index (χ2v) is 9.47. The number of hydrogen-bond acceptors (Lipinski definition) is 5. The number of rotatable bonds is 5. The smallest absolute Gasteiger partial charge is 0.148 e. The Morgan fingerprint density at radius 3 is 2.67 bits per heavy atom. The van der Waals surface area contributed by atoms with Crippen LogP contribution in [0.1, 0.15) is 25.7 Å². The molecule has 5 nitrogen and oxygen atoms in total. The van der Waals surface area contributed by atoms with Crippen molar-refractivity contribution in [3.63, 3.8) is 0 Å². The SMILES string of the molecule is Fc1ccc(Cl)c(-c2ccc(NC3C[C@@H]4CN(CC5CCCOC5)C[C@@H]4C3)nn2)c1. The van der Waals surface area contributed by atoms with Gasteiger partial charge in [-0.3, -0.25) is 0 Å². The number of aromatic nitrogens is 2. The van der Waals surface area contributed by atoms with Crippen molar-refractivity contribution < 1.29 is 9.13 Å². The van der Waals surface area contributed by atoms with Crippen LogP contribution in [-0.4, -0.2) is 54.0 Å². The van der Waals surface area contributed by atoms with Crippen LogP contribution in [0.25, 0.3) is 11.3 Å². The van der Waals surface area contributed by atoms with Gasteiger partial charge in [-0.15, -0.1) is 10.2 Å². The average Bonchev–Trinajstić information content (AvgIpc) is 3.29. The summed E-state index contributed by atoms with van der Waals surface area (Å²) in [7, 11) is 0. The Morgan fingerprint density at radius 1 is 1.13 bits per heavy atom. The van der Waals surface area contributed by atoms with E-state index in [1.807, 2.05) is 12.1 Å². The molecule has 160 valence electrons. The molecule has 0 bridgehead atoms. The van der Waals surface area contributed by atoms with Crippen LogP contribution in [0.2, 0.25) is 5.02 Å². The van der Waals surface area contributed by atoms with Crippen molar-refractivity contribution in [2.75, 3.05) is 38.2 Å². The molecule has 2 saturated heterocycles. The number of hydrogen-bond donors (Lipinski definition) is 1. The van der Waals surface area contributed by atoms with Crippen LogP contribution in [0.3, 0.4) is 0 Å². The second kappa shape index (κ2) is 8.77. The fourth-order valence-electron chi connectivity index (χ4n) is 5.44. The van der Waals surface area contributed by atoms with E-state index in [1.54, 1.807) is 6.07 Å². The summed E-state index contributed by atoms with van der Waals surface area (Å²) in [6, 6.07) is 8.48. The van der Waals surface area contributed by atoms with Crippen molar-refractivity contribution >= 4 is 17.4 Å². The lowest BCUT2D eigenvalue weighted by atomic mass is 10.0. The van der Waals surface area contributed by atoms with E-state index in [-0.39, 0.29) is 5.82 Å². The summed E-state index contributed by atoms with van der Waals surface area (Å²) in [5, 5.41) is 12.6. The summed E-state index contributed by atoms with van der Waals surface area (Å²) < 4.78 is 19.2. The third kappa shape index (κ3) is 4.46. The molecule has 0 amide bonds. The van der Waals surface area contributed by atoms with Crippen LogP contribution in [0.5, 0.6) is 0 Å². The fourth-order valence-corrected chi connectivity index (χ4v) is 5.65. The highest BCUT2D eigenvalue weighted by Gasteiger charge is 2.41. The zero-order valence-corrected chi connectivity index (χ0v) is 17.8. The van der Waals surface area contributed by atoms with Crippen LogP contribution >= 0.6 is 11.6 Å². The minimum atomic E-state index is -0.332. The van der Waals surface area contributed by atoms with Crippen LogP contribution in [-0.2, 0) is 4.74 Å². The van der Waals surface area contributed by atoms with E-state index in [9.17, 15) is 4.39 Å². The topological polar surface area (TPSA) is 50.3 Å². The molecule has 1 aromatic carbocycles. The number of ether oxygens (including phenoxy) is 1. The van der Waals surface area contributed by atoms with Crippen molar-refractivity contribution in [1.29, 1.82) is 0 Å². The molecule has 4 atom stereocenters. The van der Waals surface area contributed by atoms with Gasteiger partial charge in [0, 0.05) is 37.8 Å². The molecule has 2 aromatic rings. The molecule has 7 heteroatoms. The maximum atomic E-state index is 13.5. The molecule has 0 radical (unpaired) electrons. The average molecular weight is 431 g/mol. The first-order valence-corrected chi connectivity index (χ1v) is 11.4. The largest absolute Gasteiger partial charge is 0.381 e. The van der Waals surface area contributed by atoms with Crippen molar-refractivity contribution in [2.24, 2.45) is 17.8 Å².